The van der Waals surface area contributed by atoms with E-state index in [2.05, 4.69) is 10.3 Å². The van der Waals surface area contributed by atoms with Gasteiger partial charge in [-0.3, -0.25) is 14.2 Å². The summed E-state index contributed by atoms with van der Waals surface area (Å²) in [4.78, 5) is 30.0. The summed E-state index contributed by atoms with van der Waals surface area (Å²) in [6.07, 6.45) is 0.709. The van der Waals surface area contributed by atoms with Gasteiger partial charge in [-0.05, 0) is 38.0 Å². The van der Waals surface area contributed by atoms with Crippen molar-refractivity contribution in [3.05, 3.63) is 70.0 Å². The minimum atomic E-state index is -0.0937. The smallest absolute Gasteiger partial charge is 0.262 e. The summed E-state index contributed by atoms with van der Waals surface area (Å²) in [5.74, 6) is 0.103. The van der Waals surface area contributed by atoms with Gasteiger partial charge in [0.25, 0.3) is 5.56 Å². The molecule has 0 unspecified atom stereocenters. The Bertz CT molecular complexity index is 1050. The van der Waals surface area contributed by atoms with E-state index in [9.17, 15) is 9.59 Å². The maximum Gasteiger partial charge on any atom is 0.262 e. The van der Waals surface area contributed by atoms with Crippen LogP contribution in [0.2, 0.25) is 0 Å². The SMILES string of the molecule is CCOCCCn1c(SCC(=O)NCc2ccc(C)cc2)nc2ccccc2c1=O. The number of rotatable bonds is 10. The molecular weight excluding hydrogens is 398 g/mol. The Kier molecular flexibility index (Phi) is 8.04. The molecule has 0 spiro atoms. The molecule has 1 heterocycles. The number of amides is 1. The van der Waals surface area contributed by atoms with Crippen LogP contribution >= 0.6 is 11.8 Å². The van der Waals surface area contributed by atoms with Gasteiger partial charge in [0.15, 0.2) is 5.16 Å². The number of thioether (sulfide) groups is 1. The van der Waals surface area contributed by atoms with Gasteiger partial charge < -0.3 is 10.1 Å². The lowest BCUT2D eigenvalue weighted by atomic mass is 10.1. The van der Waals surface area contributed by atoms with Gasteiger partial charge in [0, 0.05) is 26.3 Å². The lowest BCUT2D eigenvalue weighted by Gasteiger charge is -2.13. The van der Waals surface area contributed by atoms with Crippen LogP contribution in [0.4, 0.5) is 0 Å². The number of hydrogen-bond acceptors (Lipinski definition) is 5. The second-order valence-corrected chi connectivity index (χ2v) is 7.91. The van der Waals surface area contributed by atoms with Gasteiger partial charge in [0.2, 0.25) is 5.91 Å². The van der Waals surface area contributed by atoms with Gasteiger partial charge in [-0.25, -0.2) is 4.98 Å². The summed E-state index contributed by atoms with van der Waals surface area (Å²) < 4.78 is 7.05. The van der Waals surface area contributed by atoms with E-state index in [0.29, 0.717) is 48.8 Å². The number of aryl methyl sites for hydroxylation is 1. The highest BCUT2D eigenvalue weighted by atomic mass is 32.2. The minimum Gasteiger partial charge on any atom is -0.382 e. The monoisotopic (exact) mass is 425 g/mol. The molecule has 0 radical (unpaired) electrons. The topological polar surface area (TPSA) is 73.2 Å². The number of ether oxygens (including phenoxy) is 1. The van der Waals surface area contributed by atoms with Crippen molar-refractivity contribution in [3.8, 4) is 0 Å². The van der Waals surface area contributed by atoms with Crippen LogP contribution in [-0.2, 0) is 22.6 Å². The van der Waals surface area contributed by atoms with Crippen LogP contribution in [0.3, 0.4) is 0 Å². The van der Waals surface area contributed by atoms with Crippen LogP contribution in [0.1, 0.15) is 24.5 Å². The van der Waals surface area contributed by atoms with Crippen molar-refractivity contribution < 1.29 is 9.53 Å². The fraction of sp³-hybridized carbons (Fsp3) is 0.348. The average molecular weight is 426 g/mol. The number of nitrogens with one attached hydrogen (secondary N) is 1. The Morgan fingerprint density at radius 3 is 2.70 bits per heavy atom. The van der Waals surface area contributed by atoms with E-state index in [0.717, 1.165) is 5.56 Å². The largest absolute Gasteiger partial charge is 0.382 e. The van der Waals surface area contributed by atoms with Crippen molar-refractivity contribution in [1.29, 1.82) is 0 Å². The number of aromatic nitrogens is 2. The van der Waals surface area contributed by atoms with Gasteiger partial charge in [0.05, 0.1) is 16.7 Å². The zero-order valence-electron chi connectivity index (χ0n) is 17.4. The molecule has 1 N–H and O–H groups in total. The summed E-state index contributed by atoms with van der Waals surface area (Å²) >= 11 is 1.28. The Balaban J connectivity index is 1.69. The summed E-state index contributed by atoms with van der Waals surface area (Å²) in [5.41, 5.74) is 2.80. The van der Waals surface area contributed by atoms with E-state index < -0.39 is 0 Å². The van der Waals surface area contributed by atoms with Crippen molar-refractivity contribution in [2.45, 2.75) is 38.5 Å². The van der Waals surface area contributed by atoms with E-state index in [1.807, 2.05) is 56.3 Å². The molecule has 1 amide bonds. The standard InChI is InChI=1S/C23H27N3O3S/c1-3-29-14-6-13-26-22(28)19-7-4-5-8-20(19)25-23(26)30-16-21(27)24-15-18-11-9-17(2)10-12-18/h4-5,7-12H,3,6,13-16H2,1-2H3,(H,24,27). The molecule has 0 atom stereocenters. The highest BCUT2D eigenvalue weighted by Gasteiger charge is 2.13. The van der Waals surface area contributed by atoms with Crippen molar-refractivity contribution in [2.75, 3.05) is 19.0 Å². The summed E-state index contributed by atoms with van der Waals surface area (Å²) in [7, 11) is 0. The third-order valence-electron chi connectivity index (χ3n) is 4.64. The quantitative estimate of drug-likeness (QED) is 0.306. The normalized spacial score (nSPS) is 11.0. The fourth-order valence-corrected chi connectivity index (χ4v) is 3.87. The van der Waals surface area contributed by atoms with E-state index >= 15 is 0 Å². The molecule has 0 fully saturated rings. The van der Waals surface area contributed by atoms with Gasteiger partial charge in [-0.15, -0.1) is 0 Å². The molecule has 2 aromatic carbocycles. The molecular formula is C23H27N3O3S. The highest BCUT2D eigenvalue weighted by Crippen LogP contribution is 2.18. The summed E-state index contributed by atoms with van der Waals surface area (Å²) in [5, 5.41) is 4.07. The van der Waals surface area contributed by atoms with E-state index in [4.69, 9.17) is 4.74 Å². The van der Waals surface area contributed by atoms with Crippen molar-refractivity contribution in [2.24, 2.45) is 0 Å². The molecule has 0 aliphatic heterocycles. The number of nitrogens with zero attached hydrogens (tertiary/aromatic N) is 2. The highest BCUT2D eigenvalue weighted by molar-refractivity contribution is 7.99. The van der Waals surface area contributed by atoms with Gasteiger partial charge in [0.1, 0.15) is 0 Å². The lowest BCUT2D eigenvalue weighted by molar-refractivity contribution is -0.118. The molecule has 3 rings (SSSR count). The second-order valence-electron chi connectivity index (χ2n) is 6.97. The van der Waals surface area contributed by atoms with E-state index in [1.165, 1.54) is 17.3 Å². The number of para-hydroxylation sites is 1. The van der Waals surface area contributed by atoms with Crippen molar-refractivity contribution in [3.63, 3.8) is 0 Å². The number of benzene rings is 2. The van der Waals surface area contributed by atoms with Crippen LogP contribution in [0.5, 0.6) is 0 Å². The molecule has 6 nitrogen and oxygen atoms in total. The minimum absolute atomic E-state index is 0.0836. The molecule has 158 valence electrons. The lowest BCUT2D eigenvalue weighted by Crippen LogP contribution is -2.27. The molecule has 0 aliphatic rings. The number of fused-ring (bicyclic) bond motifs is 1. The molecule has 30 heavy (non-hydrogen) atoms. The Morgan fingerprint density at radius 1 is 1.17 bits per heavy atom. The predicted octanol–water partition coefficient (Wildman–Crippen LogP) is 3.54. The first-order chi connectivity index (χ1) is 14.6. The molecule has 0 aliphatic carbocycles. The first-order valence-corrected chi connectivity index (χ1v) is 11.1. The zero-order valence-corrected chi connectivity index (χ0v) is 18.2. The third-order valence-corrected chi connectivity index (χ3v) is 5.62. The van der Waals surface area contributed by atoms with Crippen molar-refractivity contribution in [1.82, 2.24) is 14.9 Å². The van der Waals surface area contributed by atoms with Gasteiger partial charge in [-0.2, -0.15) is 0 Å². The first-order valence-electron chi connectivity index (χ1n) is 10.1. The van der Waals surface area contributed by atoms with Crippen LogP contribution in [0.25, 0.3) is 10.9 Å². The Morgan fingerprint density at radius 2 is 1.93 bits per heavy atom. The van der Waals surface area contributed by atoms with Gasteiger partial charge >= 0.3 is 0 Å². The molecule has 0 saturated heterocycles. The predicted molar refractivity (Wildman–Crippen MR) is 121 cm³/mol. The van der Waals surface area contributed by atoms with Gasteiger partial charge in [-0.1, -0.05) is 53.7 Å². The third kappa shape index (κ3) is 5.93. The fourth-order valence-electron chi connectivity index (χ4n) is 3.01. The maximum absolute atomic E-state index is 13.0. The average Bonchev–Trinajstić information content (AvgIpc) is 2.76. The van der Waals surface area contributed by atoms with Crippen LogP contribution in [0.15, 0.2) is 58.5 Å². The van der Waals surface area contributed by atoms with Crippen LogP contribution in [0, 0.1) is 6.92 Å². The number of hydrogen-bond donors (Lipinski definition) is 1. The summed E-state index contributed by atoms with van der Waals surface area (Å²) in [6.45, 7) is 6.18. The second kappa shape index (κ2) is 10.9. The maximum atomic E-state index is 13.0. The number of carbonyl (C=O) groups is 1. The molecule has 1 aromatic heterocycles. The molecule has 0 saturated carbocycles. The van der Waals surface area contributed by atoms with Crippen LogP contribution < -0.4 is 10.9 Å². The zero-order chi connectivity index (χ0) is 21.3. The van der Waals surface area contributed by atoms with E-state index in [-0.39, 0.29) is 17.2 Å². The van der Waals surface area contributed by atoms with E-state index in [1.54, 1.807) is 10.6 Å². The Labute approximate surface area is 180 Å². The molecule has 7 heteroatoms. The summed E-state index contributed by atoms with van der Waals surface area (Å²) in [6, 6.07) is 15.4. The first kappa shape index (κ1) is 22.1. The molecule has 0 bridgehead atoms. The Hall–Kier alpha value is -2.64. The molecule has 3 aromatic rings. The number of carbonyl (C=O) groups excluding carboxylic acids is 1. The van der Waals surface area contributed by atoms with Crippen molar-refractivity contribution >= 4 is 28.6 Å². The van der Waals surface area contributed by atoms with Crippen LogP contribution in [-0.4, -0.2) is 34.4 Å².